The summed E-state index contributed by atoms with van der Waals surface area (Å²) in [6.07, 6.45) is 7.38. The Balaban J connectivity index is 2.45. The number of hydrogen-bond donors (Lipinski definition) is 2. The number of amides is 1. The maximum atomic E-state index is 12.0. The van der Waals surface area contributed by atoms with Crippen molar-refractivity contribution in [2.24, 2.45) is 0 Å². The first kappa shape index (κ1) is 17.7. The maximum absolute atomic E-state index is 12.0. The molecule has 0 saturated heterocycles. The molecule has 1 atom stereocenters. The Morgan fingerprint density at radius 2 is 1.90 bits per heavy atom. The molecule has 0 fully saturated rings. The first-order chi connectivity index (χ1) is 10.3. The van der Waals surface area contributed by atoms with Crippen LogP contribution in [0.25, 0.3) is 0 Å². The molecule has 0 aliphatic rings. The minimum absolute atomic E-state index is 0.161. The number of hydrogen-bond acceptors (Lipinski definition) is 2. The van der Waals surface area contributed by atoms with Gasteiger partial charge in [-0.1, -0.05) is 50.1 Å². The second-order valence-electron chi connectivity index (χ2n) is 5.63. The zero-order chi connectivity index (χ0) is 15.3. The van der Waals surface area contributed by atoms with Crippen LogP contribution in [0.5, 0.6) is 0 Å². The summed E-state index contributed by atoms with van der Waals surface area (Å²) < 4.78 is 0. The van der Waals surface area contributed by atoms with Crippen molar-refractivity contribution in [1.82, 2.24) is 5.32 Å². The average molecular weight is 291 g/mol. The van der Waals surface area contributed by atoms with Gasteiger partial charge in [-0.25, -0.2) is 0 Å². The molecule has 0 aromatic heterocycles. The maximum Gasteiger partial charge on any atom is 0.220 e. The Bertz CT molecular complexity index is 378. The molecule has 0 bridgehead atoms. The summed E-state index contributed by atoms with van der Waals surface area (Å²) in [5, 5.41) is 12.1. The number of aliphatic hydroxyl groups excluding tert-OH is 1. The standard InChI is InChI=1S/C18H29NO2/c1-2-3-5-13-18(21)19-17(12-8-9-14-20)15-16-10-6-4-7-11-16/h4,6-7,10-11,17,20H,2-3,5,8-9,12-15H2,1H3,(H,19,21). The van der Waals surface area contributed by atoms with E-state index in [0.29, 0.717) is 6.42 Å². The molecule has 1 aromatic rings. The summed E-state index contributed by atoms with van der Waals surface area (Å²) in [6.45, 7) is 2.37. The summed E-state index contributed by atoms with van der Waals surface area (Å²) in [4.78, 5) is 12.0. The summed E-state index contributed by atoms with van der Waals surface area (Å²) in [7, 11) is 0. The molecule has 1 rings (SSSR count). The van der Waals surface area contributed by atoms with Crippen molar-refractivity contribution in [3.05, 3.63) is 35.9 Å². The average Bonchev–Trinajstić information content (AvgIpc) is 2.48. The first-order valence-corrected chi connectivity index (χ1v) is 8.20. The zero-order valence-corrected chi connectivity index (χ0v) is 13.2. The molecular weight excluding hydrogens is 262 g/mol. The smallest absolute Gasteiger partial charge is 0.220 e. The minimum Gasteiger partial charge on any atom is -0.396 e. The number of rotatable bonds is 11. The Kier molecular flexibility index (Phi) is 9.55. The molecule has 0 spiro atoms. The van der Waals surface area contributed by atoms with Gasteiger partial charge < -0.3 is 10.4 Å². The van der Waals surface area contributed by atoms with E-state index in [9.17, 15) is 4.79 Å². The number of nitrogens with one attached hydrogen (secondary N) is 1. The van der Waals surface area contributed by atoms with E-state index in [2.05, 4.69) is 24.4 Å². The highest BCUT2D eigenvalue weighted by Crippen LogP contribution is 2.10. The third-order valence-corrected chi connectivity index (χ3v) is 3.66. The minimum atomic E-state index is 0.161. The second kappa shape index (κ2) is 11.3. The van der Waals surface area contributed by atoms with Crippen LogP contribution in [0.3, 0.4) is 0 Å². The number of aliphatic hydroxyl groups is 1. The molecule has 1 aromatic carbocycles. The molecule has 0 aliphatic heterocycles. The van der Waals surface area contributed by atoms with Gasteiger partial charge in [-0.05, 0) is 37.7 Å². The molecule has 0 aliphatic carbocycles. The van der Waals surface area contributed by atoms with Gasteiger partial charge in [-0.2, -0.15) is 0 Å². The van der Waals surface area contributed by atoms with E-state index in [-0.39, 0.29) is 18.6 Å². The highest BCUT2D eigenvalue weighted by atomic mass is 16.2. The van der Waals surface area contributed by atoms with Crippen molar-refractivity contribution in [2.75, 3.05) is 6.61 Å². The van der Waals surface area contributed by atoms with Crippen LogP contribution in [-0.4, -0.2) is 23.7 Å². The van der Waals surface area contributed by atoms with Gasteiger partial charge in [0.2, 0.25) is 5.91 Å². The van der Waals surface area contributed by atoms with E-state index >= 15 is 0 Å². The highest BCUT2D eigenvalue weighted by molar-refractivity contribution is 5.76. The molecule has 3 nitrogen and oxygen atoms in total. The molecule has 0 heterocycles. The summed E-state index contributed by atoms with van der Waals surface area (Å²) in [6, 6.07) is 10.4. The van der Waals surface area contributed by atoms with E-state index in [1.807, 2.05) is 18.2 Å². The fourth-order valence-corrected chi connectivity index (χ4v) is 2.46. The Morgan fingerprint density at radius 1 is 1.14 bits per heavy atom. The van der Waals surface area contributed by atoms with E-state index < -0.39 is 0 Å². The van der Waals surface area contributed by atoms with Crippen molar-refractivity contribution < 1.29 is 9.90 Å². The Hall–Kier alpha value is -1.35. The van der Waals surface area contributed by atoms with Crippen molar-refractivity contribution in [3.63, 3.8) is 0 Å². The lowest BCUT2D eigenvalue weighted by molar-refractivity contribution is -0.121. The fraction of sp³-hybridized carbons (Fsp3) is 0.611. The summed E-state index contributed by atoms with van der Waals surface area (Å²) in [5.41, 5.74) is 1.25. The van der Waals surface area contributed by atoms with Gasteiger partial charge in [-0.3, -0.25) is 4.79 Å². The Morgan fingerprint density at radius 3 is 2.57 bits per heavy atom. The largest absolute Gasteiger partial charge is 0.396 e. The SMILES string of the molecule is CCCCCC(=O)NC(CCCCO)Cc1ccccc1. The predicted octanol–water partition coefficient (Wildman–Crippen LogP) is 3.46. The number of carbonyl (C=O) groups excluding carboxylic acids is 1. The highest BCUT2D eigenvalue weighted by Gasteiger charge is 2.12. The predicted molar refractivity (Wildman–Crippen MR) is 87.2 cm³/mol. The molecule has 0 radical (unpaired) electrons. The number of unbranched alkanes of at least 4 members (excludes halogenated alkanes) is 3. The topological polar surface area (TPSA) is 49.3 Å². The molecule has 1 unspecified atom stereocenters. The quantitative estimate of drug-likeness (QED) is 0.613. The van der Waals surface area contributed by atoms with Gasteiger partial charge in [0.1, 0.15) is 0 Å². The normalized spacial score (nSPS) is 12.1. The van der Waals surface area contributed by atoms with Crippen molar-refractivity contribution in [1.29, 1.82) is 0 Å². The van der Waals surface area contributed by atoms with Crippen LogP contribution in [0.4, 0.5) is 0 Å². The lowest BCUT2D eigenvalue weighted by atomic mass is 10.0. The second-order valence-corrected chi connectivity index (χ2v) is 5.63. The molecule has 21 heavy (non-hydrogen) atoms. The van der Waals surface area contributed by atoms with Gasteiger partial charge in [-0.15, -0.1) is 0 Å². The number of benzene rings is 1. The molecule has 2 N–H and O–H groups in total. The van der Waals surface area contributed by atoms with E-state index in [4.69, 9.17) is 5.11 Å². The van der Waals surface area contributed by atoms with Gasteiger partial charge >= 0.3 is 0 Å². The van der Waals surface area contributed by atoms with Gasteiger partial charge in [0, 0.05) is 19.1 Å². The first-order valence-electron chi connectivity index (χ1n) is 8.20. The summed E-state index contributed by atoms with van der Waals surface area (Å²) >= 11 is 0. The van der Waals surface area contributed by atoms with Crippen LogP contribution in [0.2, 0.25) is 0 Å². The van der Waals surface area contributed by atoms with Gasteiger partial charge in [0.15, 0.2) is 0 Å². The van der Waals surface area contributed by atoms with E-state index in [1.165, 1.54) is 5.56 Å². The third kappa shape index (κ3) is 8.51. The van der Waals surface area contributed by atoms with Crippen molar-refractivity contribution >= 4 is 5.91 Å². The van der Waals surface area contributed by atoms with Crippen molar-refractivity contribution in [3.8, 4) is 0 Å². The fourth-order valence-electron chi connectivity index (χ4n) is 2.46. The lowest BCUT2D eigenvalue weighted by Crippen LogP contribution is -2.36. The van der Waals surface area contributed by atoms with Crippen LogP contribution < -0.4 is 5.32 Å². The zero-order valence-electron chi connectivity index (χ0n) is 13.2. The summed E-state index contributed by atoms with van der Waals surface area (Å²) in [5.74, 6) is 0.161. The van der Waals surface area contributed by atoms with Crippen LogP contribution in [0.1, 0.15) is 57.4 Å². The van der Waals surface area contributed by atoms with Gasteiger partial charge in [0.05, 0.1) is 0 Å². The van der Waals surface area contributed by atoms with Crippen LogP contribution >= 0.6 is 0 Å². The molecule has 3 heteroatoms. The Labute approximate surface area is 128 Å². The molecular formula is C18H29NO2. The van der Waals surface area contributed by atoms with Crippen LogP contribution in [0.15, 0.2) is 30.3 Å². The molecule has 118 valence electrons. The van der Waals surface area contributed by atoms with E-state index in [1.54, 1.807) is 0 Å². The third-order valence-electron chi connectivity index (χ3n) is 3.66. The monoisotopic (exact) mass is 291 g/mol. The van der Waals surface area contributed by atoms with E-state index in [0.717, 1.165) is 44.9 Å². The van der Waals surface area contributed by atoms with Crippen LogP contribution in [-0.2, 0) is 11.2 Å². The van der Waals surface area contributed by atoms with Crippen molar-refractivity contribution in [2.45, 2.75) is 64.3 Å². The van der Waals surface area contributed by atoms with Gasteiger partial charge in [0.25, 0.3) is 0 Å². The number of carbonyl (C=O) groups is 1. The van der Waals surface area contributed by atoms with Crippen LogP contribution in [0, 0.1) is 0 Å². The molecule has 0 saturated carbocycles. The molecule has 1 amide bonds. The lowest BCUT2D eigenvalue weighted by Gasteiger charge is -2.19.